The molecule has 2 rings (SSSR count). The number of ether oxygens (including phenoxy) is 1. The quantitative estimate of drug-likeness (QED) is 0.606. The summed E-state index contributed by atoms with van der Waals surface area (Å²) in [5.41, 5.74) is 0.808. The lowest BCUT2D eigenvalue weighted by atomic mass is 10.2. The second kappa shape index (κ2) is 6.69. The van der Waals surface area contributed by atoms with Crippen molar-refractivity contribution in [3.63, 3.8) is 0 Å². The maximum atomic E-state index is 12.1. The molecule has 0 atom stereocenters. The van der Waals surface area contributed by atoms with Crippen LogP contribution < -0.4 is 4.74 Å². The van der Waals surface area contributed by atoms with Gasteiger partial charge in [-0.05, 0) is 65.0 Å². The molecule has 112 valence electrons. The van der Waals surface area contributed by atoms with E-state index in [9.17, 15) is 9.90 Å². The van der Waals surface area contributed by atoms with Crippen LogP contribution >= 0.6 is 34.4 Å². The highest BCUT2D eigenvalue weighted by atomic mass is 127. The topological polar surface area (TPSA) is 62.1 Å². The number of phenols is 1. The van der Waals surface area contributed by atoms with Crippen LogP contribution in [0.1, 0.15) is 12.5 Å². The van der Waals surface area contributed by atoms with Gasteiger partial charge in [0.05, 0.1) is 15.1 Å². The minimum Gasteiger partial charge on any atom is -0.504 e. The van der Waals surface area contributed by atoms with E-state index >= 15 is 0 Å². The first-order valence-corrected chi connectivity index (χ1v) is 8.17. The zero-order chi connectivity index (χ0) is 15.6. The number of carbonyl (C=O) groups excluding carboxylic acids is 1. The predicted molar refractivity (Wildman–Crippen MR) is 93.7 cm³/mol. The van der Waals surface area contributed by atoms with Crippen LogP contribution in [-0.2, 0) is 4.79 Å². The fraction of sp³-hybridized carbons (Fsp3) is 0.286. The van der Waals surface area contributed by atoms with Crippen molar-refractivity contribution < 1.29 is 14.6 Å². The summed E-state index contributed by atoms with van der Waals surface area (Å²) in [4.78, 5) is 18.3. The summed E-state index contributed by atoms with van der Waals surface area (Å²) in [6, 6.07) is 3.53. The zero-order valence-electron chi connectivity index (χ0n) is 11.9. The highest BCUT2D eigenvalue weighted by Crippen LogP contribution is 2.36. The highest BCUT2D eigenvalue weighted by molar-refractivity contribution is 14.1. The predicted octanol–water partition coefficient (Wildman–Crippen LogP) is 2.93. The van der Waals surface area contributed by atoms with Crippen molar-refractivity contribution in [3.05, 3.63) is 26.2 Å². The van der Waals surface area contributed by atoms with E-state index in [1.54, 1.807) is 32.3 Å². The second-order valence-corrected chi connectivity index (χ2v) is 6.43. The molecule has 1 amide bonds. The minimum absolute atomic E-state index is 0.0818. The van der Waals surface area contributed by atoms with Crippen molar-refractivity contribution in [3.8, 4) is 11.5 Å². The molecule has 0 bridgehead atoms. The van der Waals surface area contributed by atoms with E-state index in [4.69, 9.17) is 4.74 Å². The number of aliphatic imine (C=N–C) groups is 1. The lowest BCUT2D eigenvalue weighted by Crippen LogP contribution is -2.23. The Kier molecular flexibility index (Phi) is 5.15. The number of hydrogen-bond donors (Lipinski definition) is 1. The smallest absolute Gasteiger partial charge is 0.266 e. The van der Waals surface area contributed by atoms with Gasteiger partial charge in [-0.1, -0.05) is 0 Å². The van der Waals surface area contributed by atoms with Crippen molar-refractivity contribution in [1.82, 2.24) is 4.90 Å². The third-order valence-electron chi connectivity index (χ3n) is 2.84. The molecule has 1 aliphatic rings. The van der Waals surface area contributed by atoms with Crippen LogP contribution in [0.5, 0.6) is 11.5 Å². The first-order valence-electron chi connectivity index (χ1n) is 6.27. The van der Waals surface area contributed by atoms with Gasteiger partial charge in [0, 0.05) is 14.1 Å². The van der Waals surface area contributed by atoms with Crippen LogP contribution in [0, 0.1) is 3.57 Å². The first kappa shape index (κ1) is 16.2. The van der Waals surface area contributed by atoms with Crippen LogP contribution in [0.25, 0.3) is 6.08 Å². The standard InChI is InChI=1S/C14H15IN2O3S/c1-4-20-10-6-8(5-9(15)12(10)18)7-11-13(19)17(3)14(16-2)21-11/h5-7,18H,4H2,1-3H3/b11-7+,16-14?. The van der Waals surface area contributed by atoms with E-state index in [-0.39, 0.29) is 11.7 Å². The number of thioether (sulfide) groups is 1. The molecule has 1 saturated heterocycles. The lowest BCUT2D eigenvalue weighted by Gasteiger charge is -2.09. The Bertz CT molecular complexity index is 643. The Hall–Kier alpha value is -1.22. The van der Waals surface area contributed by atoms with E-state index < -0.39 is 0 Å². The summed E-state index contributed by atoms with van der Waals surface area (Å²) in [6.45, 7) is 2.32. The van der Waals surface area contributed by atoms with E-state index in [2.05, 4.69) is 4.99 Å². The van der Waals surface area contributed by atoms with Crippen molar-refractivity contribution in [2.75, 3.05) is 20.7 Å². The summed E-state index contributed by atoms with van der Waals surface area (Å²) in [7, 11) is 3.36. The summed E-state index contributed by atoms with van der Waals surface area (Å²) < 4.78 is 6.08. The van der Waals surface area contributed by atoms with E-state index in [1.165, 1.54) is 16.7 Å². The van der Waals surface area contributed by atoms with E-state index in [1.807, 2.05) is 29.5 Å². The van der Waals surface area contributed by atoms with Gasteiger partial charge in [-0.3, -0.25) is 14.7 Å². The average Bonchev–Trinajstić information content (AvgIpc) is 2.72. The number of hydrogen-bond acceptors (Lipinski definition) is 5. The molecular weight excluding hydrogens is 403 g/mol. The van der Waals surface area contributed by atoms with Gasteiger partial charge >= 0.3 is 0 Å². The molecule has 1 aromatic rings. The number of amides is 1. The number of nitrogens with zero attached hydrogens (tertiary/aromatic N) is 2. The van der Waals surface area contributed by atoms with Gasteiger partial charge in [0.25, 0.3) is 5.91 Å². The number of amidine groups is 1. The van der Waals surface area contributed by atoms with E-state index in [0.717, 1.165) is 5.56 Å². The second-order valence-electron chi connectivity index (χ2n) is 4.26. The molecule has 1 N–H and O–H groups in total. The molecule has 1 fully saturated rings. The zero-order valence-corrected chi connectivity index (χ0v) is 14.9. The fourth-order valence-electron chi connectivity index (χ4n) is 1.84. The first-order chi connectivity index (χ1) is 9.97. The number of rotatable bonds is 3. The van der Waals surface area contributed by atoms with Gasteiger partial charge in [0.15, 0.2) is 16.7 Å². The molecule has 0 unspecified atom stereocenters. The van der Waals surface area contributed by atoms with Gasteiger partial charge in [0.1, 0.15) is 0 Å². The molecule has 0 aliphatic carbocycles. The Labute approximate surface area is 141 Å². The van der Waals surface area contributed by atoms with Crippen LogP contribution in [0.15, 0.2) is 22.0 Å². The number of aromatic hydroxyl groups is 1. The summed E-state index contributed by atoms with van der Waals surface area (Å²) in [5, 5.41) is 10.6. The number of benzene rings is 1. The van der Waals surface area contributed by atoms with Gasteiger partial charge in [-0.25, -0.2) is 0 Å². The molecule has 1 aromatic carbocycles. The minimum atomic E-state index is -0.0818. The SMILES string of the molecule is CCOc1cc(/C=C2/SC(=NC)N(C)C2=O)cc(I)c1O. The molecule has 0 radical (unpaired) electrons. The molecule has 1 heterocycles. The number of carbonyl (C=O) groups is 1. The Morgan fingerprint density at radius 2 is 2.24 bits per heavy atom. The molecule has 21 heavy (non-hydrogen) atoms. The van der Waals surface area contributed by atoms with Gasteiger partial charge < -0.3 is 9.84 Å². The Morgan fingerprint density at radius 1 is 1.52 bits per heavy atom. The van der Waals surface area contributed by atoms with Crippen molar-refractivity contribution in [1.29, 1.82) is 0 Å². The third-order valence-corrected chi connectivity index (χ3v) is 4.82. The summed E-state index contributed by atoms with van der Waals surface area (Å²) in [5.74, 6) is 0.462. The summed E-state index contributed by atoms with van der Waals surface area (Å²) in [6.07, 6.45) is 1.78. The van der Waals surface area contributed by atoms with E-state index in [0.29, 0.717) is 26.0 Å². The molecule has 5 nitrogen and oxygen atoms in total. The van der Waals surface area contributed by atoms with Gasteiger partial charge in [-0.2, -0.15) is 0 Å². The number of phenolic OH excluding ortho intramolecular Hbond substituents is 1. The maximum Gasteiger partial charge on any atom is 0.266 e. The monoisotopic (exact) mass is 418 g/mol. The van der Waals surface area contributed by atoms with Crippen molar-refractivity contribution in [2.24, 2.45) is 4.99 Å². The lowest BCUT2D eigenvalue weighted by molar-refractivity contribution is -0.121. The summed E-state index contributed by atoms with van der Waals surface area (Å²) >= 11 is 3.37. The average molecular weight is 418 g/mol. The third kappa shape index (κ3) is 3.34. The van der Waals surface area contributed by atoms with Crippen LogP contribution in [0.2, 0.25) is 0 Å². The highest BCUT2D eigenvalue weighted by Gasteiger charge is 2.29. The molecule has 0 aromatic heterocycles. The van der Waals surface area contributed by atoms with Crippen LogP contribution in [0.4, 0.5) is 0 Å². The van der Waals surface area contributed by atoms with Crippen LogP contribution in [0.3, 0.4) is 0 Å². The van der Waals surface area contributed by atoms with Crippen molar-refractivity contribution in [2.45, 2.75) is 6.92 Å². The molecule has 0 spiro atoms. The number of likely N-dealkylation sites (N-methyl/N-ethyl adjacent to an activating group) is 1. The van der Waals surface area contributed by atoms with Crippen molar-refractivity contribution >= 4 is 51.5 Å². The normalized spacial score (nSPS) is 18.9. The fourth-order valence-corrected chi connectivity index (χ4v) is 3.40. The van der Waals surface area contributed by atoms with Crippen LogP contribution in [-0.4, -0.2) is 41.8 Å². The molecule has 7 heteroatoms. The number of halogens is 1. The van der Waals surface area contributed by atoms with Gasteiger partial charge in [0.2, 0.25) is 0 Å². The Morgan fingerprint density at radius 3 is 2.81 bits per heavy atom. The molecule has 0 saturated carbocycles. The van der Waals surface area contributed by atoms with Gasteiger partial charge in [-0.15, -0.1) is 0 Å². The molecule has 1 aliphatic heterocycles. The Balaban J connectivity index is 2.40. The largest absolute Gasteiger partial charge is 0.504 e. The molecular formula is C14H15IN2O3S. The maximum absolute atomic E-state index is 12.1.